The van der Waals surface area contributed by atoms with Crippen LogP contribution in [0.3, 0.4) is 0 Å². The number of aliphatic hydroxyl groups is 2. The number of rotatable bonds is 24. The van der Waals surface area contributed by atoms with Gasteiger partial charge in [0.05, 0.1) is 19.3 Å². The van der Waals surface area contributed by atoms with Crippen molar-refractivity contribution < 1.29 is 38.2 Å². The van der Waals surface area contributed by atoms with Crippen molar-refractivity contribution in [2.24, 2.45) is 0 Å². The molecule has 2 rings (SSSR count). The van der Waals surface area contributed by atoms with Crippen molar-refractivity contribution in [1.82, 2.24) is 9.55 Å². The Morgan fingerprint density at radius 2 is 1.62 bits per heavy atom. The van der Waals surface area contributed by atoms with E-state index in [1.165, 1.54) is 96.4 Å². The third-order valence-electron chi connectivity index (χ3n) is 7.32. The van der Waals surface area contributed by atoms with Crippen LogP contribution < -0.4 is 11.4 Å². The zero-order valence-corrected chi connectivity index (χ0v) is 26.9. The lowest BCUT2D eigenvalue weighted by atomic mass is 10.1. The van der Waals surface area contributed by atoms with Crippen molar-refractivity contribution in [2.75, 3.05) is 37.6 Å². The van der Waals surface area contributed by atoms with Crippen molar-refractivity contribution >= 4 is 25.4 Å². The highest BCUT2D eigenvalue weighted by Gasteiger charge is 2.45. The van der Waals surface area contributed by atoms with Crippen LogP contribution in [0.25, 0.3) is 0 Å². The summed E-state index contributed by atoms with van der Waals surface area (Å²) in [5.41, 5.74) is 4.70. The monoisotopic (exact) mass is 637 g/mol. The van der Waals surface area contributed by atoms with E-state index in [-0.39, 0.29) is 12.4 Å². The van der Waals surface area contributed by atoms with Gasteiger partial charge in [-0.3, -0.25) is 13.6 Å². The van der Waals surface area contributed by atoms with E-state index in [2.05, 4.69) is 11.9 Å². The molecule has 0 bridgehead atoms. The van der Waals surface area contributed by atoms with Crippen molar-refractivity contribution in [2.45, 2.75) is 121 Å². The molecule has 6 atom stereocenters. The highest BCUT2D eigenvalue weighted by molar-refractivity contribution is 7.99. The van der Waals surface area contributed by atoms with Gasteiger partial charge in [0.15, 0.2) is 6.23 Å². The highest BCUT2D eigenvalue weighted by atomic mass is 32.2. The molecule has 42 heavy (non-hydrogen) atoms. The van der Waals surface area contributed by atoms with Gasteiger partial charge >= 0.3 is 13.5 Å². The number of thioether (sulfide) groups is 1. The number of nitrogens with zero attached hydrogens (tertiary/aromatic N) is 2. The van der Waals surface area contributed by atoms with Gasteiger partial charge in [0, 0.05) is 19.1 Å². The number of anilines is 1. The van der Waals surface area contributed by atoms with Crippen LogP contribution in [-0.4, -0.2) is 80.9 Å². The van der Waals surface area contributed by atoms with Gasteiger partial charge in [-0.15, -0.1) is 0 Å². The van der Waals surface area contributed by atoms with Gasteiger partial charge in [-0.05, 0) is 18.2 Å². The molecule has 0 saturated carbocycles. The van der Waals surface area contributed by atoms with Crippen molar-refractivity contribution in [1.29, 1.82) is 0 Å². The summed E-state index contributed by atoms with van der Waals surface area (Å²) >= 11 is 1.72. The number of phosphoric acid groups is 1. The lowest BCUT2D eigenvalue weighted by molar-refractivity contribution is -0.0560. The third kappa shape index (κ3) is 14.2. The van der Waals surface area contributed by atoms with Crippen LogP contribution in [0.4, 0.5) is 5.82 Å². The Hall–Kier alpha value is -1.02. The molecule has 0 aromatic carbocycles. The Kier molecular flexibility index (Phi) is 18.4. The Balaban J connectivity index is 1.55. The zero-order valence-electron chi connectivity index (χ0n) is 25.2. The first-order valence-corrected chi connectivity index (χ1v) is 17.9. The average Bonchev–Trinajstić information content (AvgIpc) is 3.24. The van der Waals surface area contributed by atoms with E-state index in [9.17, 15) is 24.5 Å². The molecule has 2 heterocycles. The van der Waals surface area contributed by atoms with E-state index in [0.29, 0.717) is 5.75 Å². The summed E-state index contributed by atoms with van der Waals surface area (Å²) in [4.78, 5) is 25.7. The molecular formula is C28H52N3O9PS. The third-order valence-corrected chi connectivity index (χ3v) is 9.45. The number of aliphatic hydroxyl groups excluding tert-OH is 2. The van der Waals surface area contributed by atoms with Crippen LogP contribution >= 0.6 is 19.6 Å². The largest absolute Gasteiger partial charge is 0.472 e. The molecule has 1 saturated heterocycles. The molecular weight excluding hydrogens is 585 g/mol. The molecule has 0 spiro atoms. The summed E-state index contributed by atoms with van der Waals surface area (Å²) in [6.45, 7) is 1.55. The second-order valence-electron chi connectivity index (χ2n) is 10.8. The van der Waals surface area contributed by atoms with Gasteiger partial charge in [0.2, 0.25) is 0 Å². The number of unbranched alkanes of at least 4 members (excludes halogenated alkanes) is 12. The van der Waals surface area contributed by atoms with Crippen LogP contribution in [0.5, 0.6) is 0 Å². The summed E-state index contributed by atoms with van der Waals surface area (Å²) in [7, 11) is -2.99. The maximum Gasteiger partial charge on any atom is 0.472 e. The fraction of sp³-hybridized carbons (Fsp3) is 0.857. The van der Waals surface area contributed by atoms with Gasteiger partial charge < -0.3 is 30.3 Å². The number of ether oxygens (including phenoxy) is 2. The number of methoxy groups -OCH3 is 1. The van der Waals surface area contributed by atoms with E-state index in [4.69, 9.17) is 24.3 Å². The molecule has 244 valence electrons. The Labute approximate surface area is 254 Å². The summed E-state index contributed by atoms with van der Waals surface area (Å²) in [6.07, 6.45) is 12.5. The first kappa shape index (κ1) is 37.2. The molecule has 1 aromatic rings. The molecule has 1 aliphatic heterocycles. The van der Waals surface area contributed by atoms with Gasteiger partial charge in [0.1, 0.15) is 24.1 Å². The number of phosphoric ester groups is 1. The number of nitrogen functional groups attached to an aromatic ring is 1. The summed E-state index contributed by atoms with van der Waals surface area (Å²) in [5.74, 6) is 1.59. The Morgan fingerprint density at radius 1 is 1.02 bits per heavy atom. The fourth-order valence-electron chi connectivity index (χ4n) is 4.72. The molecule has 5 N–H and O–H groups in total. The SMILES string of the molecule is CCCCCCCCCCCCCCCSCC(COP(=O)(O)OC[C@H]1O[C@@H](n2ccc(N)nc2=O)[C@@H](O)[C@@H]1O)OC. The minimum atomic E-state index is -4.50. The Morgan fingerprint density at radius 3 is 2.19 bits per heavy atom. The smallest absolute Gasteiger partial charge is 0.387 e. The molecule has 14 heteroatoms. The van der Waals surface area contributed by atoms with E-state index in [0.717, 1.165) is 16.7 Å². The maximum absolute atomic E-state index is 12.4. The lowest BCUT2D eigenvalue weighted by Gasteiger charge is -2.20. The molecule has 12 nitrogen and oxygen atoms in total. The number of hydrogen-bond acceptors (Lipinski definition) is 11. The number of hydrogen-bond donors (Lipinski definition) is 4. The van der Waals surface area contributed by atoms with Crippen molar-refractivity contribution in [3.05, 3.63) is 22.7 Å². The topological polar surface area (TPSA) is 176 Å². The van der Waals surface area contributed by atoms with Crippen LogP contribution in [0.15, 0.2) is 17.1 Å². The zero-order chi connectivity index (χ0) is 30.8. The first-order valence-electron chi connectivity index (χ1n) is 15.3. The van der Waals surface area contributed by atoms with E-state index >= 15 is 0 Å². The molecule has 0 amide bonds. The van der Waals surface area contributed by atoms with E-state index < -0.39 is 50.8 Å². The van der Waals surface area contributed by atoms with Crippen molar-refractivity contribution in [3.8, 4) is 0 Å². The standard InChI is InChI=1S/C28H52N3O9PS/c1-3-4-5-6-7-8-9-10-11-12-13-14-15-18-42-21-22(37-2)19-38-41(35,36)39-20-23-25(32)26(33)27(40-23)31-17-16-24(29)30-28(31)34/h16-17,22-23,25-27,32-33H,3-15,18-21H2,1-2H3,(H,35,36)(H2,29,30,34)/t22?,23-,25-,26+,27-/m1/s1. The van der Waals surface area contributed by atoms with Crippen LogP contribution in [0.1, 0.15) is 96.6 Å². The van der Waals surface area contributed by atoms with Gasteiger partial charge in [-0.25, -0.2) is 9.36 Å². The van der Waals surface area contributed by atoms with E-state index in [1.54, 1.807) is 11.8 Å². The summed E-state index contributed by atoms with van der Waals surface area (Å²) in [6, 6.07) is 1.34. The van der Waals surface area contributed by atoms with Crippen LogP contribution in [-0.2, 0) is 23.1 Å². The second kappa shape index (κ2) is 20.8. The number of nitrogens with two attached hydrogens (primary N) is 1. The molecule has 1 aromatic heterocycles. The maximum atomic E-state index is 12.4. The summed E-state index contributed by atoms with van der Waals surface area (Å²) < 4.78 is 34.4. The Bertz CT molecular complexity index is 973. The lowest BCUT2D eigenvalue weighted by Crippen LogP contribution is -2.36. The van der Waals surface area contributed by atoms with E-state index in [1.807, 2.05) is 0 Å². The fourth-order valence-corrected chi connectivity index (χ4v) is 6.55. The molecule has 2 unspecified atom stereocenters. The van der Waals surface area contributed by atoms with Crippen LogP contribution in [0.2, 0.25) is 0 Å². The highest BCUT2D eigenvalue weighted by Crippen LogP contribution is 2.44. The van der Waals surface area contributed by atoms with Gasteiger partial charge in [-0.2, -0.15) is 16.7 Å². The van der Waals surface area contributed by atoms with Crippen molar-refractivity contribution in [3.63, 3.8) is 0 Å². The average molecular weight is 638 g/mol. The molecule has 1 aliphatic rings. The quantitative estimate of drug-likeness (QED) is 0.0929. The minimum absolute atomic E-state index is 0.00473. The first-order chi connectivity index (χ1) is 20.2. The second-order valence-corrected chi connectivity index (χ2v) is 13.4. The van der Waals surface area contributed by atoms with Gasteiger partial charge in [0.25, 0.3) is 0 Å². The number of aromatic nitrogens is 2. The van der Waals surface area contributed by atoms with Gasteiger partial charge in [-0.1, -0.05) is 84.0 Å². The molecule has 0 aliphatic carbocycles. The predicted molar refractivity (Wildman–Crippen MR) is 164 cm³/mol. The normalized spacial score (nSPS) is 22.8. The van der Waals surface area contributed by atoms with Crippen LogP contribution in [0, 0.1) is 0 Å². The molecule has 1 fully saturated rings. The summed E-state index contributed by atoms with van der Waals surface area (Å²) in [5, 5.41) is 20.6. The molecule has 0 radical (unpaired) electrons. The minimum Gasteiger partial charge on any atom is -0.387 e. The predicted octanol–water partition coefficient (Wildman–Crippen LogP) is 4.42.